The molecule has 0 N–H and O–H groups in total. The first kappa shape index (κ1) is 23.7. The predicted octanol–water partition coefficient (Wildman–Crippen LogP) is 9.77. The van der Waals surface area contributed by atoms with Crippen LogP contribution in [0.1, 0.15) is 143 Å². The quantitative estimate of drug-likeness (QED) is 0.439. The van der Waals surface area contributed by atoms with Gasteiger partial charge in [0.2, 0.25) is 0 Å². The molecule has 4 unspecified atom stereocenters. The third-order valence-corrected chi connectivity index (χ3v) is 9.38. The van der Waals surface area contributed by atoms with Crippen molar-refractivity contribution in [2.24, 2.45) is 35.5 Å². The average molecular weight is 402 g/mol. The lowest BCUT2D eigenvalue weighted by molar-refractivity contribution is 0.125. The predicted molar refractivity (Wildman–Crippen MR) is 129 cm³/mol. The van der Waals surface area contributed by atoms with Gasteiger partial charge in [-0.05, 0) is 60.7 Å². The zero-order valence-corrected chi connectivity index (χ0v) is 20.4. The number of hydrogen-bond donors (Lipinski definition) is 0. The molecule has 0 heteroatoms. The van der Waals surface area contributed by atoms with Gasteiger partial charge in [0.1, 0.15) is 0 Å². The molecule has 0 nitrogen and oxygen atoms in total. The SMILES string of the molecule is CC1CCC[C](C(C2CCCCC(C)CC2)C(C)C2CCCCCCC2)CCC1. The lowest BCUT2D eigenvalue weighted by Crippen LogP contribution is -2.34. The molecule has 0 aromatic heterocycles. The Labute approximate surface area is 184 Å². The first-order valence-corrected chi connectivity index (χ1v) is 14.0. The Morgan fingerprint density at radius 3 is 1.69 bits per heavy atom. The van der Waals surface area contributed by atoms with Gasteiger partial charge in [-0.25, -0.2) is 0 Å². The summed E-state index contributed by atoms with van der Waals surface area (Å²) in [5, 5.41) is 0. The van der Waals surface area contributed by atoms with E-state index in [1.54, 1.807) is 0 Å². The fraction of sp³-hybridized carbons (Fsp3) is 0.966. The van der Waals surface area contributed by atoms with Gasteiger partial charge in [0.05, 0.1) is 0 Å². The van der Waals surface area contributed by atoms with Crippen molar-refractivity contribution in [3.8, 4) is 0 Å². The lowest BCUT2D eigenvalue weighted by Gasteiger charge is -2.43. The van der Waals surface area contributed by atoms with E-state index in [4.69, 9.17) is 0 Å². The minimum atomic E-state index is 0.944. The highest BCUT2D eigenvalue weighted by Crippen LogP contribution is 2.47. The Hall–Kier alpha value is 0. The second kappa shape index (κ2) is 12.8. The molecule has 0 aliphatic heterocycles. The summed E-state index contributed by atoms with van der Waals surface area (Å²) in [4.78, 5) is 0. The Balaban J connectivity index is 1.75. The van der Waals surface area contributed by atoms with E-state index in [9.17, 15) is 0 Å². The maximum atomic E-state index is 2.72. The normalized spacial score (nSPS) is 32.8. The minimum absolute atomic E-state index is 0.944. The molecule has 3 aliphatic carbocycles. The second-order valence-corrected chi connectivity index (χ2v) is 11.8. The molecular weight excluding hydrogens is 348 g/mol. The van der Waals surface area contributed by atoms with Gasteiger partial charge in [-0.1, -0.05) is 124 Å². The van der Waals surface area contributed by atoms with Crippen LogP contribution in [0.2, 0.25) is 0 Å². The maximum absolute atomic E-state index is 2.72. The first-order valence-electron chi connectivity index (χ1n) is 14.0. The van der Waals surface area contributed by atoms with E-state index in [2.05, 4.69) is 20.8 Å². The molecule has 0 heterocycles. The molecule has 3 saturated carbocycles. The van der Waals surface area contributed by atoms with Crippen molar-refractivity contribution in [2.45, 2.75) is 143 Å². The van der Waals surface area contributed by atoms with Crippen LogP contribution in [-0.4, -0.2) is 0 Å². The highest BCUT2D eigenvalue weighted by molar-refractivity contribution is 5.03. The molecule has 0 amide bonds. The third kappa shape index (κ3) is 7.57. The van der Waals surface area contributed by atoms with E-state index in [0.29, 0.717) is 0 Å². The summed E-state index contributed by atoms with van der Waals surface area (Å²) in [7, 11) is 0. The molecule has 3 fully saturated rings. The molecule has 1 radical (unpaired) electrons. The van der Waals surface area contributed by atoms with E-state index >= 15 is 0 Å². The van der Waals surface area contributed by atoms with Gasteiger partial charge < -0.3 is 0 Å². The summed E-state index contributed by atoms with van der Waals surface area (Å²) in [5.74, 6) is 7.91. The van der Waals surface area contributed by atoms with Crippen LogP contribution < -0.4 is 0 Å². The minimum Gasteiger partial charge on any atom is -0.0625 e. The van der Waals surface area contributed by atoms with Gasteiger partial charge in [0.15, 0.2) is 0 Å². The average Bonchev–Trinajstić information content (AvgIpc) is 2.64. The molecule has 0 spiro atoms. The Bertz CT molecular complexity index is 408. The van der Waals surface area contributed by atoms with Gasteiger partial charge in [-0.2, -0.15) is 0 Å². The van der Waals surface area contributed by atoms with Gasteiger partial charge in [0, 0.05) is 0 Å². The van der Waals surface area contributed by atoms with E-state index in [1.807, 2.05) is 5.92 Å². The Morgan fingerprint density at radius 2 is 1.00 bits per heavy atom. The van der Waals surface area contributed by atoms with E-state index in [0.717, 1.165) is 35.5 Å². The first-order chi connectivity index (χ1) is 14.1. The van der Waals surface area contributed by atoms with Crippen LogP contribution in [0.4, 0.5) is 0 Å². The van der Waals surface area contributed by atoms with Gasteiger partial charge in [-0.3, -0.25) is 0 Å². The van der Waals surface area contributed by atoms with Crippen molar-refractivity contribution in [1.82, 2.24) is 0 Å². The summed E-state index contributed by atoms with van der Waals surface area (Å²) in [5.41, 5.74) is 0. The van der Waals surface area contributed by atoms with Gasteiger partial charge in [0.25, 0.3) is 0 Å². The van der Waals surface area contributed by atoms with Gasteiger partial charge in [-0.15, -0.1) is 0 Å². The zero-order chi connectivity index (χ0) is 20.5. The second-order valence-electron chi connectivity index (χ2n) is 11.8. The molecule has 0 saturated heterocycles. The molecule has 169 valence electrons. The largest absolute Gasteiger partial charge is 0.0625 e. The monoisotopic (exact) mass is 401 g/mol. The molecule has 3 aliphatic rings. The van der Waals surface area contributed by atoms with Crippen molar-refractivity contribution in [3.63, 3.8) is 0 Å². The van der Waals surface area contributed by atoms with Crippen molar-refractivity contribution >= 4 is 0 Å². The summed E-state index contributed by atoms with van der Waals surface area (Å²) in [6, 6.07) is 0. The summed E-state index contributed by atoms with van der Waals surface area (Å²) in [6.07, 6.45) is 28.5. The van der Waals surface area contributed by atoms with E-state index in [1.165, 1.54) is 122 Å². The van der Waals surface area contributed by atoms with E-state index in [-0.39, 0.29) is 0 Å². The fourth-order valence-electron chi connectivity index (χ4n) is 7.44. The molecule has 0 aromatic rings. The summed E-state index contributed by atoms with van der Waals surface area (Å²) in [6.45, 7) is 7.74. The highest BCUT2D eigenvalue weighted by Gasteiger charge is 2.37. The van der Waals surface area contributed by atoms with Gasteiger partial charge >= 0.3 is 0 Å². The van der Waals surface area contributed by atoms with Crippen molar-refractivity contribution in [1.29, 1.82) is 0 Å². The van der Waals surface area contributed by atoms with Crippen LogP contribution in [0.15, 0.2) is 0 Å². The van der Waals surface area contributed by atoms with Crippen LogP contribution in [0, 0.1) is 41.4 Å². The number of hydrogen-bond acceptors (Lipinski definition) is 0. The fourth-order valence-corrected chi connectivity index (χ4v) is 7.44. The maximum Gasteiger partial charge on any atom is -0.0205 e. The molecular formula is C29H53. The molecule has 3 rings (SSSR count). The van der Waals surface area contributed by atoms with Crippen molar-refractivity contribution in [3.05, 3.63) is 5.92 Å². The van der Waals surface area contributed by atoms with Crippen molar-refractivity contribution < 1.29 is 0 Å². The molecule has 0 aromatic carbocycles. The Kier molecular flexibility index (Phi) is 10.4. The summed E-state index contributed by atoms with van der Waals surface area (Å²) < 4.78 is 0. The van der Waals surface area contributed by atoms with Crippen LogP contribution in [-0.2, 0) is 0 Å². The standard InChI is InChI=1S/C29H53/c1-23-14-11-19-27(20-12-15-23)29(28-18-10-9-13-24(2)21-22-28)25(3)26-16-7-5-4-6-8-17-26/h23-26,28-29H,4-22H2,1-3H3. The number of rotatable bonds is 4. The summed E-state index contributed by atoms with van der Waals surface area (Å²) >= 11 is 0. The topological polar surface area (TPSA) is 0 Å². The lowest BCUT2D eigenvalue weighted by atomic mass is 9.62. The zero-order valence-electron chi connectivity index (χ0n) is 20.4. The van der Waals surface area contributed by atoms with Crippen LogP contribution in [0.3, 0.4) is 0 Å². The van der Waals surface area contributed by atoms with Crippen LogP contribution in [0.5, 0.6) is 0 Å². The molecule has 0 bridgehead atoms. The van der Waals surface area contributed by atoms with Crippen molar-refractivity contribution in [2.75, 3.05) is 0 Å². The Morgan fingerprint density at radius 1 is 0.517 bits per heavy atom. The molecule has 29 heavy (non-hydrogen) atoms. The van der Waals surface area contributed by atoms with Crippen LogP contribution >= 0.6 is 0 Å². The molecule has 4 atom stereocenters. The third-order valence-electron chi connectivity index (χ3n) is 9.38. The smallest absolute Gasteiger partial charge is 0.0205 e. The van der Waals surface area contributed by atoms with Crippen LogP contribution in [0.25, 0.3) is 0 Å². The van der Waals surface area contributed by atoms with E-state index < -0.39 is 0 Å². The highest BCUT2D eigenvalue weighted by atomic mass is 14.4.